The molecule has 0 radical (unpaired) electrons. The first kappa shape index (κ1) is 18.7. The number of nitrogens with zero attached hydrogens (tertiary/aromatic N) is 5. The van der Waals surface area contributed by atoms with Crippen LogP contribution in [0.5, 0.6) is 0 Å². The van der Waals surface area contributed by atoms with Crippen LogP contribution in [0.25, 0.3) is 0 Å². The molecular formula is C18H25N5O5. The molecule has 0 saturated carbocycles. The number of aromatic nitrogens is 2. The first-order valence-corrected chi connectivity index (χ1v) is 9.59. The summed E-state index contributed by atoms with van der Waals surface area (Å²) in [5.74, 6) is -0.283. The molecule has 0 spiro atoms. The summed E-state index contributed by atoms with van der Waals surface area (Å²) < 4.78 is 6.70. The molecule has 0 aliphatic carbocycles. The minimum Gasteiger partial charge on any atom is -0.468 e. The van der Waals surface area contributed by atoms with Gasteiger partial charge in [-0.05, 0) is 26.3 Å². The maximum Gasteiger partial charge on any atom is 0.407 e. The molecule has 1 N–H and O–H groups in total. The van der Waals surface area contributed by atoms with E-state index in [-0.39, 0.29) is 36.5 Å². The molecule has 1 aromatic heterocycles. The van der Waals surface area contributed by atoms with Crippen molar-refractivity contribution in [2.24, 2.45) is 0 Å². The number of anilines is 1. The molecule has 10 heteroatoms. The van der Waals surface area contributed by atoms with Gasteiger partial charge in [0.1, 0.15) is 6.04 Å². The van der Waals surface area contributed by atoms with Crippen molar-refractivity contribution in [2.75, 3.05) is 25.1 Å². The van der Waals surface area contributed by atoms with E-state index >= 15 is 0 Å². The average molecular weight is 391 g/mol. The Bertz CT molecular complexity index is 808. The third kappa shape index (κ3) is 3.01. The maximum atomic E-state index is 12.8. The van der Waals surface area contributed by atoms with Crippen LogP contribution < -0.4 is 4.90 Å². The largest absolute Gasteiger partial charge is 0.468 e. The minimum atomic E-state index is -0.977. The van der Waals surface area contributed by atoms with Crippen LogP contribution in [0.3, 0.4) is 0 Å². The average Bonchev–Trinajstić information content (AvgIpc) is 3.37. The zero-order valence-electron chi connectivity index (χ0n) is 16.1. The van der Waals surface area contributed by atoms with Crippen molar-refractivity contribution < 1.29 is 24.2 Å². The van der Waals surface area contributed by atoms with Gasteiger partial charge in [-0.2, -0.15) is 5.10 Å². The third-order valence-electron chi connectivity index (χ3n) is 6.09. The number of carbonyl (C=O) groups is 3. The van der Waals surface area contributed by atoms with E-state index in [0.717, 1.165) is 25.1 Å². The van der Waals surface area contributed by atoms with Crippen molar-refractivity contribution in [3.05, 3.63) is 11.9 Å². The van der Waals surface area contributed by atoms with Crippen molar-refractivity contribution >= 4 is 23.7 Å². The molecule has 4 rings (SSSR count). The lowest BCUT2D eigenvalue weighted by molar-refractivity contribution is -0.146. The molecule has 0 bridgehead atoms. The predicted octanol–water partition coefficient (Wildman–Crippen LogP) is 0.508. The van der Waals surface area contributed by atoms with Gasteiger partial charge in [0.2, 0.25) is 5.91 Å². The molecule has 10 nitrogen and oxygen atoms in total. The van der Waals surface area contributed by atoms with Crippen LogP contribution in [-0.2, 0) is 27.4 Å². The molecule has 3 aliphatic rings. The molecule has 1 aromatic rings. The van der Waals surface area contributed by atoms with Crippen LogP contribution in [0.4, 0.5) is 10.5 Å². The zero-order chi connectivity index (χ0) is 20.0. The first-order valence-electron chi connectivity index (χ1n) is 9.59. The Morgan fingerprint density at radius 3 is 2.82 bits per heavy atom. The zero-order valence-corrected chi connectivity index (χ0v) is 16.1. The summed E-state index contributed by atoms with van der Waals surface area (Å²) in [4.78, 5) is 41.5. The van der Waals surface area contributed by atoms with Crippen molar-refractivity contribution in [3.8, 4) is 0 Å². The molecule has 0 aromatic carbocycles. The highest BCUT2D eigenvalue weighted by atomic mass is 16.5. The number of methoxy groups -OCH3 is 1. The fraction of sp³-hybridized carbons (Fsp3) is 0.667. The van der Waals surface area contributed by atoms with E-state index in [9.17, 15) is 19.5 Å². The van der Waals surface area contributed by atoms with Crippen LogP contribution in [-0.4, -0.2) is 81.0 Å². The molecular weight excluding hydrogens is 366 g/mol. The second-order valence-electron chi connectivity index (χ2n) is 7.70. The highest BCUT2D eigenvalue weighted by molar-refractivity contribution is 5.96. The van der Waals surface area contributed by atoms with E-state index in [2.05, 4.69) is 10.00 Å². The van der Waals surface area contributed by atoms with Gasteiger partial charge in [-0.15, -0.1) is 0 Å². The highest BCUT2D eigenvalue weighted by Gasteiger charge is 2.43. The van der Waals surface area contributed by atoms with Crippen LogP contribution in [0, 0.1) is 0 Å². The first-order chi connectivity index (χ1) is 13.4. The maximum absolute atomic E-state index is 12.8. The van der Waals surface area contributed by atoms with Gasteiger partial charge in [0.05, 0.1) is 43.8 Å². The Morgan fingerprint density at radius 1 is 1.32 bits per heavy atom. The van der Waals surface area contributed by atoms with E-state index in [4.69, 9.17) is 4.74 Å². The summed E-state index contributed by atoms with van der Waals surface area (Å²) in [6, 6.07) is -0.537. The van der Waals surface area contributed by atoms with Crippen molar-refractivity contribution in [2.45, 2.75) is 57.4 Å². The summed E-state index contributed by atoms with van der Waals surface area (Å²) in [5.41, 5.74) is 1.40. The molecule has 2 amide bonds. The standard InChI is InChI=1S/C18H25N5O5/c1-11-8-23-15(10-21(11)18(26)27)14(7-19-23)22-9-12(6-16(22)24)20-5-3-4-13(20)17(25)28-2/h7,11-13H,3-6,8-10H2,1-2H3,(H,26,27)/t11-,12?,13-/m0/s1. The number of carbonyl (C=O) groups excluding carboxylic acids is 2. The Labute approximate surface area is 162 Å². The fourth-order valence-electron chi connectivity index (χ4n) is 4.63. The lowest BCUT2D eigenvalue weighted by atomic mass is 10.1. The Morgan fingerprint density at radius 2 is 2.11 bits per heavy atom. The Balaban J connectivity index is 1.55. The number of hydrogen-bond donors (Lipinski definition) is 1. The minimum absolute atomic E-state index is 0.0307. The topological polar surface area (TPSA) is 108 Å². The van der Waals surface area contributed by atoms with E-state index in [1.807, 2.05) is 6.92 Å². The van der Waals surface area contributed by atoms with Gasteiger partial charge in [0.15, 0.2) is 0 Å². The number of ether oxygens (including phenoxy) is 1. The molecule has 152 valence electrons. The van der Waals surface area contributed by atoms with Crippen LogP contribution >= 0.6 is 0 Å². The normalized spacial score (nSPS) is 27.9. The van der Waals surface area contributed by atoms with Gasteiger partial charge in [-0.1, -0.05) is 0 Å². The highest BCUT2D eigenvalue weighted by Crippen LogP contribution is 2.33. The predicted molar refractivity (Wildman–Crippen MR) is 97.8 cm³/mol. The second-order valence-corrected chi connectivity index (χ2v) is 7.70. The molecule has 28 heavy (non-hydrogen) atoms. The fourth-order valence-corrected chi connectivity index (χ4v) is 4.63. The van der Waals surface area contributed by atoms with Gasteiger partial charge in [0.25, 0.3) is 0 Å². The van der Waals surface area contributed by atoms with Gasteiger partial charge >= 0.3 is 12.1 Å². The molecule has 1 unspecified atom stereocenters. The number of esters is 1. The summed E-state index contributed by atoms with van der Waals surface area (Å²) in [6.45, 7) is 3.74. The Kier molecular flexibility index (Phi) is 4.74. The lowest BCUT2D eigenvalue weighted by Gasteiger charge is -2.33. The van der Waals surface area contributed by atoms with Crippen molar-refractivity contribution in [1.29, 1.82) is 0 Å². The molecule has 2 fully saturated rings. The van der Waals surface area contributed by atoms with E-state index in [1.54, 1.807) is 15.8 Å². The number of hydrogen-bond acceptors (Lipinski definition) is 6. The van der Waals surface area contributed by atoms with E-state index in [1.165, 1.54) is 12.0 Å². The van der Waals surface area contributed by atoms with Crippen molar-refractivity contribution in [3.63, 3.8) is 0 Å². The van der Waals surface area contributed by atoms with Crippen LogP contribution in [0.2, 0.25) is 0 Å². The van der Waals surface area contributed by atoms with Crippen molar-refractivity contribution in [1.82, 2.24) is 19.6 Å². The van der Waals surface area contributed by atoms with E-state index < -0.39 is 6.09 Å². The number of fused-ring (bicyclic) bond motifs is 1. The number of amides is 2. The summed E-state index contributed by atoms with van der Waals surface area (Å²) >= 11 is 0. The van der Waals surface area contributed by atoms with Gasteiger partial charge in [0, 0.05) is 19.0 Å². The van der Waals surface area contributed by atoms with Gasteiger partial charge < -0.3 is 14.7 Å². The quantitative estimate of drug-likeness (QED) is 0.748. The molecule has 3 atom stereocenters. The molecule has 4 heterocycles. The van der Waals surface area contributed by atoms with Crippen LogP contribution in [0.1, 0.15) is 31.9 Å². The summed E-state index contributed by atoms with van der Waals surface area (Å²) in [7, 11) is 1.39. The molecule has 2 saturated heterocycles. The number of carboxylic acid groups (broad SMARTS) is 1. The van der Waals surface area contributed by atoms with E-state index in [0.29, 0.717) is 25.2 Å². The summed E-state index contributed by atoms with van der Waals surface area (Å²) in [5, 5.41) is 13.8. The smallest absolute Gasteiger partial charge is 0.407 e. The number of likely N-dealkylation sites (tertiary alicyclic amines) is 1. The lowest BCUT2D eigenvalue weighted by Crippen LogP contribution is -2.45. The molecule has 3 aliphatic heterocycles. The summed E-state index contributed by atoms with van der Waals surface area (Å²) in [6.07, 6.45) is 2.65. The third-order valence-corrected chi connectivity index (χ3v) is 6.09. The second kappa shape index (κ2) is 7.08. The SMILES string of the molecule is COC(=O)[C@@H]1CCCN1C1CC(=O)N(c2cnn3c2CN(C(=O)O)[C@@H](C)C3)C1. The van der Waals surface area contributed by atoms with Crippen LogP contribution in [0.15, 0.2) is 6.20 Å². The van der Waals surface area contributed by atoms with Gasteiger partial charge in [-0.25, -0.2) is 4.79 Å². The monoisotopic (exact) mass is 391 g/mol. The Hall–Kier alpha value is -2.62. The number of rotatable bonds is 3. The van der Waals surface area contributed by atoms with Gasteiger partial charge in [-0.3, -0.25) is 24.1 Å².